The van der Waals surface area contributed by atoms with Crippen LogP contribution in [0.4, 0.5) is 0 Å². The predicted molar refractivity (Wildman–Crippen MR) is 132 cm³/mol. The summed E-state index contributed by atoms with van der Waals surface area (Å²) in [4.78, 5) is 0.328. The van der Waals surface area contributed by atoms with Crippen molar-refractivity contribution in [1.29, 1.82) is 0 Å². The molecule has 0 amide bonds. The molecule has 1 saturated heterocycles. The van der Waals surface area contributed by atoms with E-state index in [9.17, 15) is 8.42 Å². The highest BCUT2D eigenvalue weighted by Crippen LogP contribution is 2.30. The Morgan fingerprint density at radius 3 is 2.55 bits per heavy atom. The minimum Gasteiger partial charge on any atom is -0.464 e. The first-order valence-electron chi connectivity index (χ1n) is 11.3. The molecule has 4 aromatic rings. The van der Waals surface area contributed by atoms with Gasteiger partial charge in [0.05, 0.1) is 11.2 Å². The quantitative estimate of drug-likeness (QED) is 0.420. The average molecular weight is 461 g/mol. The molecule has 33 heavy (non-hydrogen) atoms. The molecule has 0 radical (unpaired) electrons. The van der Waals surface area contributed by atoms with Gasteiger partial charge in [0, 0.05) is 35.8 Å². The lowest BCUT2D eigenvalue weighted by Gasteiger charge is -2.34. The van der Waals surface area contributed by atoms with Crippen LogP contribution in [-0.4, -0.2) is 27.3 Å². The van der Waals surface area contributed by atoms with Crippen molar-refractivity contribution in [1.82, 2.24) is 10.6 Å². The molecule has 2 N–H and O–H groups in total. The van der Waals surface area contributed by atoms with Gasteiger partial charge in [0.2, 0.25) is 0 Å². The number of nitrogens with one attached hydrogen (secondary N) is 2. The molecule has 5 rings (SSSR count). The summed E-state index contributed by atoms with van der Waals surface area (Å²) in [6.07, 6.45) is 5.20. The van der Waals surface area contributed by atoms with Gasteiger partial charge in [-0.1, -0.05) is 42.5 Å². The maximum Gasteiger partial charge on any atom is 0.175 e. The highest BCUT2D eigenvalue weighted by atomic mass is 32.2. The largest absolute Gasteiger partial charge is 0.464 e. The number of rotatable bonds is 6. The molecule has 2 atom stereocenters. The summed E-state index contributed by atoms with van der Waals surface area (Å²) in [6.45, 7) is 1.72. The van der Waals surface area contributed by atoms with E-state index in [0.29, 0.717) is 17.5 Å². The van der Waals surface area contributed by atoms with Crippen molar-refractivity contribution in [2.75, 3.05) is 12.8 Å². The van der Waals surface area contributed by atoms with E-state index >= 15 is 0 Å². The second-order valence-corrected chi connectivity index (χ2v) is 10.8. The molecule has 3 aromatic carbocycles. The number of hydrogen-bond acceptors (Lipinski definition) is 5. The summed E-state index contributed by atoms with van der Waals surface area (Å²) in [5.74, 6) is 0. The van der Waals surface area contributed by atoms with E-state index in [1.165, 1.54) is 11.8 Å². The van der Waals surface area contributed by atoms with Crippen LogP contribution in [0.3, 0.4) is 0 Å². The second kappa shape index (κ2) is 9.14. The molecule has 0 unspecified atom stereocenters. The van der Waals surface area contributed by atoms with Crippen molar-refractivity contribution in [2.45, 2.75) is 36.4 Å². The van der Waals surface area contributed by atoms with Crippen molar-refractivity contribution in [3.05, 3.63) is 90.2 Å². The van der Waals surface area contributed by atoms with Crippen LogP contribution in [0.15, 0.2) is 88.4 Å². The lowest BCUT2D eigenvalue weighted by atomic mass is 9.92. The SMILES string of the molecule is CS(=O)(=O)c1ccc(-c2cc(CN[C@H]3CCCN[C@H]3c3ccccc3)c3occc3c2)cc1. The molecule has 6 heteroatoms. The number of piperidine rings is 1. The fourth-order valence-electron chi connectivity index (χ4n) is 4.71. The molecule has 0 spiro atoms. The van der Waals surface area contributed by atoms with Crippen molar-refractivity contribution in [3.63, 3.8) is 0 Å². The summed E-state index contributed by atoms with van der Waals surface area (Å²) in [7, 11) is -3.22. The van der Waals surface area contributed by atoms with Crippen molar-refractivity contribution >= 4 is 20.8 Å². The molecule has 2 heterocycles. The van der Waals surface area contributed by atoms with Crippen LogP contribution in [0.25, 0.3) is 22.1 Å². The Morgan fingerprint density at radius 2 is 1.79 bits per heavy atom. The second-order valence-electron chi connectivity index (χ2n) is 8.74. The summed E-state index contributed by atoms with van der Waals surface area (Å²) < 4.78 is 29.4. The standard InChI is InChI=1S/C27H28N2O3S/c1-33(30,31)24-11-9-19(10-12-24)22-16-21-13-15-32-27(21)23(17-22)18-29-25-8-5-14-28-26(25)20-6-3-2-4-7-20/h2-4,6-7,9-13,15-17,25-26,28-29H,5,8,14,18H2,1H3/t25-,26-/m0/s1. The zero-order valence-corrected chi connectivity index (χ0v) is 19.4. The molecule has 0 bridgehead atoms. The highest BCUT2D eigenvalue weighted by molar-refractivity contribution is 7.90. The Morgan fingerprint density at radius 1 is 1.00 bits per heavy atom. The van der Waals surface area contributed by atoms with Gasteiger partial charge >= 0.3 is 0 Å². The number of benzene rings is 3. The van der Waals surface area contributed by atoms with E-state index in [-0.39, 0.29) is 6.04 Å². The minimum atomic E-state index is -3.22. The number of sulfone groups is 1. The summed E-state index contributed by atoms with van der Waals surface area (Å²) >= 11 is 0. The third kappa shape index (κ3) is 4.74. The topological polar surface area (TPSA) is 71.3 Å². The molecular weight excluding hydrogens is 432 g/mol. The van der Waals surface area contributed by atoms with Gasteiger partial charge in [0.25, 0.3) is 0 Å². The van der Waals surface area contributed by atoms with Crippen LogP contribution in [-0.2, 0) is 16.4 Å². The molecule has 1 fully saturated rings. The van der Waals surface area contributed by atoms with Gasteiger partial charge in [0.15, 0.2) is 9.84 Å². The number of hydrogen-bond donors (Lipinski definition) is 2. The maximum absolute atomic E-state index is 11.8. The van der Waals surface area contributed by atoms with Gasteiger partial charge in [-0.05, 0) is 66.4 Å². The fourth-order valence-corrected chi connectivity index (χ4v) is 5.34. The third-order valence-corrected chi connectivity index (χ3v) is 7.54. The van der Waals surface area contributed by atoms with E-state index in [1.54, 1.807) is 18.4 Å². The lowest BCUT2D eigenvalue weighted by Crippen LogP contribution is -2.45. The molecule has 1 aliphatic heterocycles. The summed E-state index contributed by atoms with van der Waals surface area (Å²) in [5.41, 5.74) is 5.31. The average Bonchev–Trinajstić information content (AvgIpc) is 3.32. The van der Waals surface area contributed by atoms with Crippen LogP contribution in [0, 0.1) is 0 Å². The van der Waals surface area contributed by atoms with Crippen LogP contribution in [0.5, 0.6) is 0 Å². The Balaban J connectivity index is 1.42. The predicted octanol–water partition coefficient (Wildman–Crippen LogP) is 5.09. The van der Waals surface area contributed by atoms with Crippen LogP contribution < -0.4 is 10.6 Å². The van der Waals surface area contributed by atoms with E-state index in [1.807, 2.05) is 18.2 Å². The number of fused-ring (bicyclic) bond motifs is 1. The van der Waals surface area contributed by atoms with Gasteiger partial charge < -0.3 is 15.1 Å². The normalized spacial score (nSPS) is 19.1. The van der Waals surface area contributed by atoms with Crippen LogP contribution in [0.2, 0.25) is 0 Å². The lowest BCUT2D eigenvalue weighted by molar-refractivity contribution is 0.304. The van der Waals surface area contributed by atoms with Gasteiger partial charge in [0.1, 0.15) is 5.58 Å². The van der Waals surface area contributed by atoms with Gasteiger partial charge in [-0.2, -0.15) is 0 Å². The third-order valence-electron chi connectivity index (χ3n) is 6.42. The molecule has 1 aliphatic rings. The van der Waals surface area contributed by atoms with Crippen LogP contribution in [0.1, 0.15) is 30.0 Å². The summed E-state index contributed by atoms with van der Waals surface area (Å²) in [5, 5.41) is 8.49. The summed E-state index contributed by atoms with van der Waals surface area (Å²) in [6, 6.07) is 24.5. The van der Waals surface area contributed by atoms with Crippen LogP contribution >= 0.6 is 0 Å². The monoisotopic (exact) mass is 460 g/mol. The van der Waals surface area contributed by atoms with E-state index < -0.39 is 9.84 Å². The zero-order chi connectivity index (χ0) is 22.8. The first-order chi connectivity index (χ1) is 16.0. The molecule has 170 valence electrons. The van der Waals surface area contributed by atoms with Crippen molar-refractivity contribution < 1.29 is 12.8 Å². The fraction of sp³-hybridized carbons (Fsp3) is 0.259. The molecule has 1 aromatic heterocycles. The van der Waals surface area contributed by atoms with Gasteiger partial charge in [-0.25, -0.2) is 8.42 Å². The van der Waals surface area contributed by atoms with Crippen molar-refractivity contribution in [2.24, 2.45) is 0 Å². The first-order valence-corrected chi connectivity index (χ1v) is 13.2. The van der Waals surface area contributed by atoms with E-state index in [4.69, 9.17) is 4.42 Å². The molecule has 0 aliphatic carbocycles. The Hall–Kier alpha value is -2.93. The zero-order valence-electron chi connectivity index (χ0n) is 18.6. The molecular formula is C27H28N2O3S. The molecule has 5 nitrogen and oxygen atoms in total. The Bertz CT molecular complexity index is 1350. The molecule has 0 saturated carbocycles. The Labute approximate surface area is 194 Å². The van der Waals surface area contributed by atoms with Gasteiger partial charge in [-0.15, -0.1) is 0 Å². The minimum absolute atomic E-state index is 0.277. The van der Waals surface area contributed by atoms with Crippen molar-refractivity contribution in [3.8, 4) is 11.1 Å². The first kappa shape index (κ1) is 21.9. The Kier molecular flexibility index (Phi) is 6.06. The van der Waals surface area contributed by atoms with E-state index in [0.717, 1.165) is 47.0 Å². The van der Waals surface area contributed by atoms with E-state index in [2.05, 4.69) is 53.1 Å². The number of furan rings is 1. The maximum atomic E-state index is 11.8. The smallest absolute Gasteiger partial charge is 0.175 e. The highest BCUT2D eigenvalue weighted by Gasteiger charge is 2.26. The van der Waals surface area contributed by atoms with Gasteiger partial charge in [-0.3, -0.25) is 0 Å².